The summed E-state index contributed by atoms with van der Waals surface area (Å²) in [5.41, 5.74) is 13.8. The molecule has 2 aromatic heterocycles. The highest BCUT2D eigenvalue weighted by Crippen LogP contribution is 2.30. The zero-order chi connectivity index (χ0) is 23.1. The van der Waals surface area contributed by atoms with Crippen molar-refractivity contribution in [1.82, 2.24) is 15.0 Å². The van der Waals surface area contributed by atoms with Crippen molar-refractivity contribution in [3.8, 4) is 11.3 Å². The molecular weight excluding hydrogens is 394 g/mol. The van der Waals surface area contributed by atoms with E-state index in [1.165, 1.54) is 11.1 Å². The molecule has 0 fully saturated rings. The van der Waals surface area contributed by atoms with Crippen LogP contribution in [0.5, 0.6) is 0 Å². The molecule has 1 atom stereocenters. The molecule has 0 amide bonds. The predicted octanol–water partition coefficient (Wildman–Crippen LogP) is 6.44. The second-order valence-corrected chi connectivity index (χ2v) is 7.75. The van der Waals surface area contributed by atoms with Gasteiger partial charge in [0.05, 0.1) is 28.9 Å². The fourth-order valence-corrected chi connectivity index (χ4v) is 3.82. The first-order chi connectivity index (χ1) is 15.5. The lowest BCUT2D eigenvalue weighted by molar-refractivity contribution is 0.614. The van der Waals surface area contributed by atoms with E-state index in [2.05, 4.69) is 50.8 Å². The van der Waals surface area contributed by atoms with E-state index in [0.29, 0.717) is 0 Å². The van der Waals surface area contributed by atoms with Crippen LogP contribution < -0.4 is 5.73 Å². The van der Waals surface area contributed by atoms with Crippen LogP contribution in [0.3, 0.4) is 0 Å². The number of nitrogens with two attached hydrogens (primary N) is 1. The van der Waals surface area contributed by atoms with Crippen LogP contribution in [0.1, 0.15) is 58.2 Å². The molecule has 0 saturated heterocycles. The minimum atomic E-state index is 0.277. The van der Waals surface area contributed by atoms with Crippen LogP contribution in [0.4, 0.5) is 0 Å². The molecule has 3 N–H and O–H groups in total. The number of allylic oxidation sites excluding steroid dienone is 4. The Kier molecular flexibility index (Phi) is 7.90. The number of aliphatic imine (C=N–C) groups is 1. The topological polar surface area (TPSA) is 80.0 Å². The third-order valence-corrected chi connectivity index (χ3v) is 5.31. The summed E-state index contributed by atoms with van der Waals surface area (Å²) in [5.74, 6) is 0. The lowest BCUT2D eigenvalue weighted by atomic mass is 9.91. The standard InChI is InChI=1S/C25H27N5.C2H6/c1-4-5-23(30-16(2)3)25-24(28-15-29-25)18-8-11-22-19(12-18)13-20(14-27-22)17-6-9-21(26)10-7-17;1-2/h4-6,8,11-15,21H,2,7,9-10,26H2,1,3H3,(H,28,29);1-2H3/b5-4-,30-23?;. The zero-order valence-electron chi connectivity index (χ0n) is 19.5. The van der Waals surface area contributed by atoms with Crippen molar-refractivity contribution in [2.45, 2.75) is 53.0 Å². The lowest BCUT2D eigenvalue weighted by Gasteiger charge is -2.18. The summed E-state index contributed by atoms with van der Waals surface area (Å²) < 4.78 is 0. The van der Waals surface area contributed by atoms with E-state index < -0.39 is 0 Å². The summed E-state index contributed by atoms with van der Waals surface area (Å²) >= 11 is 0. The Morgan fingerprint density at radius 2 is 2.00 bits per heavy atom. The van der Waals surface area contributed by atoms with Crippen molar-refractivity contribution in [1.29, 1.82) is 0 Å². The summed E-state index contributed by atoms with van der Waals surface area (Å²) in [7, 11) is 0. The summed E-state index contributed by atoms with van der Waals surface area (Å²) in [4.78, 5) is 17.1. The molecule has 5 heteroatoms. The summed E-state index contributed by atoms with van der Waals surface area (Å²) in [6.45, 7) is 11.8. The first kappa shape index (κ1) is 23.4. The van der Waals surface area contributed by atoms with Gasteiger partial charge in [-0.25, -0.2) is 4.98 Å². The SMILES string of the molecule is C=C(C)N=C(/C=C\C)c1[nH]cnc1-c1ccc2ncc(C3=CCC(N)CC3)cc2c1.CC. The van der Waals surface area contributed by atoms with Gasteiger partial charge in [0.1, 0.15) is 0 Å². The summed E-state index contributed by atoms with van der Waals surface area (Å²) in [5, 5.41) is 1.10. The molecule has 1 aliphatic carbocycles. The second-order valence-electron chi connectivity index (χ2n) is 7.75. The predicted molar refractivity (Wildman–Crippen MR) is 137 cm³/mol. The van der Waals surface area contributed by atoms with E-state index in [1.54, 1.807) is 6.33 Å². The molecule has 1 aromatic carbocycles. The van der Waals surface area contributed by atoms with Crippen molar-refractivity contribution < 1.29 is 0 Å². The van der Waals surface area contributed by atoms with Crippen molar-refractivity contribution in [2.75, 3.05) is 0 Å². The number of imidazole rings is 1. The maximum atomic E-state index is 6.04. The van der Waals surface area contributed by atoms with Gasteiger partial charge < -0.3 is 10.7 Å². The molecule has 0 spiro atoms. The van der Waals surface area contributed by atoms with Gasteiger partial charge in [0.2, 0.25) is 0 Å². The van der Waals surface area contributed by atoms with Crippen LogP contribution >= 0.6 is 0 Å². The van der Waals surface area contributed by atoms with Crippen molar-refractivity contribution in [2.24, 2.45) is 10.7 Å². The number of hydrogen-bond acceptors (Lipinski definition) is 4. The Morgan fingerprint density at radius 3 is 2.69 bits per heavy atom. The van der Waals surface area contributed by atoms with Crippen LogP contribution in [0.25, 0.3) is 27.7 Å². The number of nitrogens with one attached hydrogen (secondary N) is 1. The van der Waals surface area contributed by atoms with Gasteiger partial charge in [-0.05, 0) is 68.5 Å². The number of pyridine rings is 1. The first-order valence-electron chi connectivity index (χ1n) is 11.3. The largest absolute Gasteiger partial charge is 0.343 e. The molecule has 5 nitrogen and oxygen atoms in total. The van der Waals surface area contributed by atoms with Crippen molar-refractivity contribution in [3.05, 3.63) is 78.6 Å². The number of fused-ring (bicyclic) bond motifs is 1. The van der Waals surface area contributed by atoms with Gasteiger partial charge in [-0.3, -0.25) is 9.98 Å². The van der Waals surface area contributed by atoms with Gasteiger partial charge >= 0.3 is 0 Å². The molecule has 0 aliphatic heterocycles. The number of benzene rings is 1. The smallest absolute Gasteiger partial charge is 0.0977 e. The molecule has 0 bridgehead atoms. The van der Waals surface area contributed by atoms with Crippen molar-refractivity contribution >= 4 is 22.2 Å². The second kappa shape index (κ2) is 10.8. The highest BCUT2D eigenvalue weighted by molar-refractivity contribution is 6.11. The fourth-order valence-electron chi connectivity index (χ4n) is 3.82. The fraction of sp³-hybridized carbons (Fsp3) is 0.296. The number of nitrogens with zero attached hydrogens (tertiary/aromatic N) is 3. The van der Waals surface area contributed by atoms with Gasteiger partial charge in [-0.2, -0.15) is 0 Å². The molecule has 1 aliphatic rings. The van der Waals surface area contributed by atoms with Gasteiger partial charge in [0.25, 0.3) is 0 Å². The van der Waals surface area contributed by atoms with Crippen LogP contribution in [-0.4, -0.2) is 26.7 Å². The first-order valence-corrected chi connectivity index (χ1v) is 11.3. The number of H-pyrrole nitrogens is 1. The molecule has 0 radical (unpaired) electrons. The number of rotatable bonds is 5. The minimum absolute atomic E-state index is 0.277. The van der Waals surface area contributed by atoms with E-state index in [0.717, 1.165) is 58.5 Å². The minimum Gasteiger partial charge on any atom is -0.343 e. The maximum absolute atomic E-state index is 6.04. The third kappa shape index (κ3) is 5.29. The quantitative estimate of drug-likeness (QED) is 0.460. The Hall–Kier alpha value is -3.31. The van der Waals surface area contributed by atoms with E-state index in [-0.39, 0.29) is 6.04 Å². The molecule has 3 aromatic rings. The Labute approximate surface area is 190 Å². The van der Waals surface area contributed by atoms with E-state index >= 15 is 0 Å². The van der Waals surface area contributed by atoms with Gasteiger partial charge in [0.15, 0.2) is 0 Å². The molecule has 0 saturated carbocycles. The van der Waals surface area contributed by atoms with Crippen LogP contribution in [-0.2, 0) is 0 Å². The maximum Gasteiger partial charge on any atom is 0.0977 e. The Balaban J connectivity index is 0.00000141. The molecular formula is C27H33N5. The van der Waals surface area contributed by atoms with Gasteiger partial charge in [0, 0.05) is 28.9 Å². The van der Waals surface area contributed by atoms with E-state index in [4.69, 9.17) is 5.73 Å². The average Bonchev–Trinajstić information content (AvgIpc) is 3.29. The highest BCUT2D eigenvalue weighted by Gasteiger charge is 2.15. The highest BCUT2D eigenvalue weighted by atomic mass is 14.9. The summed E-state index contributed by atoms with van der Waals surface area (Å²) in [6.07, 6.45) is 12.8. The molecule has 1 unspecified atom stereocenters. The number of aromatic amines is 1. The average molecular weight is 428 g/mol. The van der Waals surface area contributed by atoms with Crippen molar-refractivity contribution in [3.63, 3.8) is 0 Å². The van der Waals surface area contributed by atoms with Crippen LogP contribution in [0, 0.1) is 0 Å². The normalized spacial score (nSPS) is 16.6. The van der Waals surface area contributed by atoms with Crippen LogP contribution in [0.15, 0.2) is 72.3 Å². The lowest BCUT2D eigenvalue weighted by Crippen LogP contribution is -2.21. The Bertz CT molecular complexity index is 1180. The molecule has 2 heterocycles. The van der Waals surface area contributed by atoms with E-state index in [9.17, 15) is 0 Å². The van der Waals surface area contributed by atoms with Crippen LogP contribution in [0.2, 0.25) is 0 Å². The third-order valence-electron chi connectivity index (χ3n) is 5.31. The molecule has 166 valence electrons. The zero-order valence-corrected chi connectivity index (χ0v) is 19.5. The number of hydrogen-bond donors (Lipinski definition) is 2. The Morgan fingerprint density at radius 1 is 1.22 bits per heavy atom. The number of aromatic nitrogens is 3. The summed E-state index contributed by atoms with van der Waals surface area (Å²) in [6, 6.07) is 8.74. The van der Waals surface area contributed by atoms with Gasteiger partial charge in [-0.1, -0.05) is 38.6 Å². The monoisotopic (exact) mass is 427 g/mol. The molecule has 4 rings (SSSR count). The van der Waals surface area contributed by atoms with Gasteiger partial charge in [-0.15, -0.1) is 0 Å². The van der Waals surface area contributed by atoms with E-state index in [1.807, 2.05) is 52.1 Å². The molecule has 32 heavy (non-hydrogen) atoms.